The van der Waals surface area contributed by atoms with E-state index in [-0.39, 0.29) is 5.92 Å². The highest BCUT2D eigenvalue weighted by Gasteiger charge is 2.06. The molecular formula is C9H18O2. The van der Waals surface area contributed by atoms with Crippen molar-refractivity contribution in [1.29, 1.82) is 0 Å². The predicted molar refractivity (Wildman–Crippen MR) is 45.5 cm³/mol. The molecule has 0 saturated carbocycles. The van der Waals surface area contributed by atoms with Crippen LogP contribution in [0, 0.1) is 11.8 Å². The van der Waals surface area contributed by atoms with Crippen LogP contribution in [0.25, 0.3) is 0 Å². The standard InChI is InChI=1S/C9H18O2/c1-4-11-7-9(3)5-8(2)6-10/h6,8-9H,4-5,7H2,1-3H3. The number of ether oxygens (including phenoxy) is 1. The van der Waals surface area contributed by atoms with Crippen molar-refractivity contribution >= 4 is 6.29 Å². The molecule has 0 saturated heterocycles. The Morgan fingerprint density at radius 1 is 1.45 bits per heavy atom. The van der Waals surface area contributed by atoms with Crippen LogP contribution in [-0.4, -0.2) is 19.5 Å². The van der Waals surface area contributed by atoms with Crippen molar-refractivity contribution in [1.82, 2.24) is 0 Å². The van der Waals surface area contributed by atoms with Crippen LogP contribution in [0.3, 0.4) is 0 Å². The van der Waals surface area contributed by atoms with Crippen molar-refractivity contribution in [3.8, 4) is 0 Å². The van der Waals surface area contributed by atoms with Crippen LogP contribution < -0.4 is 0 Å². The summed E-state index contributed by atoms with van der Waals surface area (Å²) in [7, 11) is 0. The highest BCUT2D eigenvalue weighted by molar-refractivity contribution is 5.52. The molecule has 0 aliphatic rings. The molecular weight excluding hydrogens is 140 g/mol. The first-order valence-electron chi connectivity index (χ1n) is 4.23. The third-order valence-corrected chi connectivity index (χ3v) is 1.61. The number of aldehydes is 1. The Kier molecular flexibility index (Phi) is 6.13. The molecule has 66 valence electrons. The van der Waals surface area contributed by atoms with Crippen LogP contribution in [0.1, 0.15) is 27.2 Å². The molecule has 0 aromatic carbocycles. The maximum atomic E-state index is 10.3. The Morgan fingerprint density at radius 3 is 2.55 bits per heavy atom. The van der Waals surface area contributed by atoms with Crippen LogP contribution in [-0.2, 0) is 9.53 Å². The molecule has 0 bridgehead atoms. The fourth-order valence-electron chi connectivity index (χ4n) is 1.08. The van der Waals surface area contributed by atoms with Crippen molar-refractivity contribution < 1.29 is 9.53 Å². The maximum Gasteiger partial charge on any atom is 0.122 e. The first-order valence-corrected chi connectivity index (χ1v) is 4.23. The molecule has 2 atom stereocenters. The number of carbonyl (C=O) groups excluding carboxylic acids is 1. The van der Waals surface area contributed by atoms with Gasteiger partial charge in [-0.15, -0.1) is 0 Å². The van der Waals surface area contributed by atoms with E-state index >= 15 is 0 Å². The Hall–Kier alpha value is -0.370. The predicted octanol–water partition coefficient (Wildman–Crippen LogP) is 1.88. The van der Waals surface area contributed by atoms with Gasteiger partial charge in [0.1, 0.15) is 6.29 Å². The zero-order chi connectivity index (χ0) is 8.69. The topological polar surface area (TPSA) is 26.3 Å². The van der Waals surface area contributed by atoms with Gasteiger partial charge in [-0.25, -0.2) is 0 Å². The molecule has 0 rings (SSSR count). The van der Waals surface area contributed by atoms with E-state index in [1.54, 1.807) is 0 Å². The van der Waals surface area contributed by atoms with E-state index in [0.29, 0.717) is 5.92 Å². The Balaban J connectivity index is 3.34. The Bertz CT molecular complexity index is 102. The average Bonchev–Trinajstić information content (AvgIpc) is 2.00. The van der Waals surface area contributed by atoms with E-state index in [4.69, 9.17) is 4.74 Å². The van der Waals surface area contributed by atoms with Crippen LogP contribution >= 0.6 is 0 Å². The van der Waals surface area contributed by atoms with Gasteiger partial charge in [0.25, 0.3) is 0 Å². The summed E-state index contributed by atoms with van der Waals surface area (Å²) >= 11 is 0. The lowest BCUT2D eigenvalue weighted by atomic mass is 9.99. The van der Waals surface area contributed by atoms with E-state index < -0.39 is 0 Å². The van der Waals surface area contributed by atoms with Gasteiger partial charge in [0.05, 0.1) is 0 Å². The molecule has 0 heterocycles. The van der Waals surface area contributed by atoms with Gasteiger partial charge in [0.2, 0.25) is 0 Å². The molecule has 0 aromatic rings. The summed E-state index contributed by atoms with van der Waals surface area (Å²) in [5.74, 6) is 0.667. The number of rotatable bonds is 6. The highest BCUT2D eigenvalue weighted by Crippen LogP contribution is 2.09. The first-order chi connectivity index (χ1) is 5.20. The molecule has 11 heavy (non-hydrogen) atoms. The second-order valence-corrected chi connectivity index (χ2v) is 3.11. The summed E-state index contributed by atoms with van der Waals surface area (Å²) in [4.78, 5) is 10.3. The van der Waals surface area contributed by atoms with E-state index in [9.17, 15) is 4.79 Å². The van der Waals surface area contributed by atoms with Crippen molar-refractivity contribution in [2.75, 3.05) is 13.2 Å². The van der Waals surface area contributed by atoms with Crippen molar-refractivity contribution in [2.24, 2.45) is 11.8 Å². The van der Waals surface area contributed by atoms with Crippen molar-refractivity contribution in [2.45, 2.75) is 27.2 Å². The van der Waals surface area contributed by atoms with Crippen LogP contribution in [0.5, 0.6) is 0 Å². The third kappa shape index (κ3) is 6.05. The third-order valence-electron chi connectivity index (χ3n) is 1.61. The molecule has 0 amide bonds. The summed E-state index contributed by atoms with van der Waals surface area (Å²) in [5.41, 5.74) is 0. The zero-order valence-electron chi connectivity index (χ0n) is 7.67. The Labute approximate surface area is 68.9 Å². The molecule has 0 aliphatic carbocycles. The lowest BCUT2D eigenvalue weighted by Crippen LogP contribution is -2.10. The SMILES string of the molecule is CCOCC(C)CC(C)C=O. The van der Waals surface area contributed by atoms with Gasteiger partial charge in [-0.1, -0.05) is 13.8 Å². The quantitative estimate of drug-likeness (QED) is 0.552. The van der Waals surface area contributed by atoms with Crippen molar-refractivity contribution in [3.05, 3.63) is 0 Å². The van der Waals surface area contributed by atoms with Gasteiger partial charge >= 0.3 is 0 Å². The largest absolute Gasteiger partial charge is 0.381 e. The zero-order valence-corrected chi connectivity index (χ0v) is 7.67. The fourth-order valence-corrected chi connectivity index (χ4v) is 1.08. The van der Waals surface area contributed by atoms with E-state index in [0.717, 1.165) is 25.9 Å². The van der Waals surface area contributed by atoms with Crippen LogP contribution in [0.15, 0.2) is 0 Å². The summed E-state index contributed by atoms with van der Waals surface area (Å²) < 4.78 is 5.22. The van der Waals surface area contributed by atoms with Gasteiger partial charge in [-0.3, -0.25) is 0 Å². The van der Waals surface area contributed by atoms with Crippen LogP contribution in [0.2, 0.25) is 0 Å². The average molecular weight is 158 g/mol. The van der Waals surface area contributed by atoms with Crippen molar-refractivity contribution in [3.63, 3.8) is 0 Å². The summed E-state index contributed by atoms with van der Waals surface area (Å²) in [6.07, 6.45) is 1.94. The van der Waals surface area contributed by atoms with Gasteiger partial charge in [0, 0.05) is 19.1 Å². The normalized spacial score (nSPS) is 15.9. The smallest absolute Gasteiger partial charge is 0.122 e. The summed E-state index contributed by atoms with van der Waals surface area (Å²) in [6, 6.07) is 0. The number of hydrogen-bond acceptors (Lipinski definition) is 2. The molecule has 0 N–H and O–H groups in total. The second-order valence-electron chi connectivity index (χ2n) is 3.11. The lowest BCUT2D eigenvalue weighted by molar-refractivity contribution is -0.111. The first kappa shape index (κ1) is 10.6. The number of carbonyl (C=O) groups is 1. The summed E-state index contributed by atoms with van der Waals surface area (Å²) in [5, 5.41) is 0. The molecule has 0 aromatic heterocycles. The molecule has 2 heteroatoms. The van der Waals surface area contributed by atoms with Gasteiger partial charge in [0.15, 0.2) is 0 Å². The number of hydrogen-bond donors (Lipinski definition) is 0. The molecule has 2 nitrogen and oxygen atoms in total. The monoisotopic (exact) mass is 158 g/mol. The molecule has 0 aliphatic heterocycles. The van der Waals surface area contributed by atoms with Crippen LogP contribution in [0.4, 0.5) is 0 Å². The minimum atomic E-state index is 0.172. The van der Waals surface area contributed by atoms with E-state index in [2.05, 4.69) is 6.92 Å². The summed E-state index contributed by atoms with van der Waals surface area (Å²) in [6.45, 7) is 7.56. The molecule has 0 spiro atoms. The molecule has 2 unspecified atom stereocenters. The lowest BCUT2D eigenvalue weighted by Gasteiger charge is -2.12. The molecule has 0 fully saturated rings. The Morgan fingerprint density at radius 2 is 2.09 bits per heavy atom. The van der Waals surface area contributed by atoms with Gasteiger partial charge in [-0.05, 0) is 19.3 Å². The van der Waals surface area contributed by atoms with E-state index in [1.807, 2.05) is 13.8 Å². The highest BCUT2D eigenvalue weighted by atomic mass is 16.5. The second kappa shape index (κ2) is 6.35. The molecule has 0 radical (unpaired) electrons. The maximum absolute atomic E-state index is 10.3. The van der Waals surface area contributed by atoms with Gasteiger partial charge < -0.3 is 9.53 Å². The fraction of sp³-hybridized carbons (Fsp3) is 0.889. The van der Waals surface area contributed by atoms with Gasteiger partial charge in [-0.2, -0.15) is 0 Å². The van der Waals surface area contributed by atoms with E-state index in [1.165, 1.54) is 0 Å². The minimum absolute atomic E-state index is 0.172. The minimum Gasteiger partial charge on any atom is -0.381 e.